The van der Waals surface area contributed by atoms with Gasteiger partial charge in [-0.3, -0.25) is 0 Å². The zero-order chi connectivity index (χ0) is 14.4. The maximum atomic E-state index is 11.6. The topological polar surface area (TPSA) is 76.4 Å². The van der Waals surface area contributed by atoms with Gasteiger partial charge < -0.3 is 5.32 Å². The molecule has 0 saturated carbocycles. The van der Waals surface area contributed by atoms with Crippen LogP contribution in [0.25, 0.3) is 5.65 Å². The number of hydrogen-bond donors (Lipinski definition) is 1. The van der Waals surface area contributed by atoms with Crippen molar-refractivity contribution in [3.8, 4) is 0 Å². The molecule has 0 bridgehead atoms. The fourth-order valence-electron chi connectivity index (χ4n) is 2.59. The van der Waals surface area contributed by atoms with Gasteiger partial charge in [-0.15, -0.1) is 0 Å². The molecule has 1 atom stereocenters. The quantitative estimate of drug-likeness (QED) is 0.902. The summed E-state index contributed by atoms with van der Waals surface area (Å²) in [6.45, 7) is 4.48. The van der Waals surface area contributed by atoms with Gasteiger partial charge in [0.15, 0.2) is 15.5 Å². The summed E-state index contributed by atoms with van der Waals surface area (Å²) in [5.41, 5.74) is 2.40. The first kappa shape index (κ1) is 13.5. The highest BCUT2D eigenvalue weighted by Crippen LogP contribution is 2.23. The van der Waals surface area contributed by atoms with E-state index >= 15 is 0 Å². The largest absolute Gasteiger partial charge is 0.306 e. The van der Waals surface area contributed by atoms with Crippen molar-refractivity contribution in [3.63, 3.8) is 0 Å². The lowest BCUT2D eigenvalue weighted by molar-refractivity contribution is 0.395. The number of nitrogens with zero attached hydrogens (tertiary/aromatic N) is 3. The van der Waals surface area contributed by atoms with Gasteiger partial charge in [-0.25, -0.2) is 17.9 Å². The van der Waals surface area contributed by atoms with E-state index in [1.807, 2.05) is 26.1 Å². The number of nitrogens with one attached hydrogen (secondary N) is 1. The first-order valence-electron chi connectivity index (χ1n) is 6.62. The molecule has 0 spiro atoms. The fourth-order valence-corrected chi connectivity index (χ4v) is 4.71. The highest BCUT2D eigenvalue weighted by molar-refractivity contribution is 7.91. The van der Waals surface area contributed by atoms with E-state index < -0.39 is 9.84 Å². The molecule has 1 aliphatic heterocycles. The number of fused-ring (bicyclic) bond motifs is 1. The van der Waals surface area contributed by atoms with Crippen molar-refractivity contribution in [2.75, 3.05) is 11.5 Å². The van der Waals surface area contributed by atoms with Gasteiger partial charge in [0.2, 0.25) is 0 Å². The van der Waals surface area contributed by atoms with Crippen LogP contribution >= 0.6 is 0 Å². The average Bonchev–Trinajstić information content (AvgIpc) is 2.85. The summed E-state index contributed by atoms with van der Waals surface area (Å²) in [7, 11) is -2.89. The first-order valence-corrected chi connectivity index (χ1v) is 8.44. The molecule has 0 radical (unpaired) electrons. The van der Waals surface area contributed by atoms with E-state index in [-0.39, 0.29) is 17.0 Å². The molecule has 0 aromatic carbocycles. The molecule has 20 heavy (non-hydrogen) atoms. The van der Waals surface area contributed by atoms with E-state index in [0.717, 1.165) is 16.9 Å². The van der Waals surface area contributed by atoms with Gasteiger partial charge in [0.05, 0.1) is 17.2 Å². The number of sulfone groups is 1. The minimum atomic E-state index is -2.89. The van der Waals surface area contributed by atoms with E-state index in [4.69, 9.17) is 0 Å². The van der Waals surface area contributed by atoms with Gasteiger partial charge in [-0.2, -0.15) is 5.10 Å². The maximum absolute atomic E-state index is 11.6. The van der Waals surface area contributed by atoms with E-state index in [1.165, 1.54) is 0 Å². The Bertz CT molecular complexity index is 753. The lowest BCUT2D eigenvalue weighted by Crippen LogP contribution is -2.42. The van der Waals surface area contributed by atoms with Crippen molar-refractivity contribution in [1.82, 2.24) is 19.9 Å². The molecule has 1 fully saturated rings. The Morgan fingerprint density at radius 2 is 2.30 bits per heavy atom. The second-order valence-corrected chi connectivity index (χ2v) is 7.99. The minimum absolute atomic E-state index is 0.205. The van der Waals surface area contributed by atoms with Crippen LogP contribution in [0.1, 0.15) is 24.6 Å². The van der Waals surface area contributed by atoms with E-state index in [1.54, 1.807) is 10.7 Å². The molecule has 1 unspecified atom stereocenters. The number of aryl methyl sites for hydroxylation is 1. The third-order valence-electron chi connectivity index (χ3n) is 3.71. The maximum Gasteiger partial charge on any atom is 0.155 e. The normalized spacial score (nSPS) is 25.3. The van der Waals surface area contributed by atoms with Crippen molar-refractivity contribution in [1.29, 1.82) is 0 Å². The Morgan fingerprint density at radius 1 is 1.50 bits per heavy atom. The Labute approximate surface area is 118 Å². The molecule has 0 amide bonds. The number of aromatic nitrogens is 3. The molecule has 108 valence electrons. The molecule has 1 N–H and O–H groups in total. The number of rotatable bonds is 3. The van der Waals surface area contributed by atoms with Crippen LogP contribution in [-0.2, 0) is 16.4 Å². The summed E-state index contributed by atoms with van der Waals surface area (Å²) in [6, 6.07) is 1.92. The van der Waals surface area contributed by atoms with E-state index in [9.17, 15) is 8.42 Å². The third-order valence-corrected chi connectivity index (χ3v) is 5.61. The van der Waals surface area contributed by atoms with E-state index in [2.05, 4.69) is 15.4 Å². The monoisotopic (exact) mass is 294 g/mol. The van der Waals surface area contributed by atoms with Gasteiger partial charge in [-0.1, -0.05) is 0 Å². The predicted molar refractivity (Wildman–Crippen MR) is 76.2 cm³/mol. The molecule has 7 heteroatoms. The number of hydrogen-bond acceptors (Lipinski definition) is 5. The molecule has 1 aliphatic rings. The van der Waals surface area contributed by atoms with Gasteiger partial charge in [0, 0.05) is 36.1 Å². The Balaban J connectivity index is 1.74. The minimum Gasteiger partial charge on any atom is -0.306 e. The summed E-state index contributed by atoms with van der Waals surface area (Å²) >= 11 is 0. The molecule has 2 aromatic rings. The zero-order valence-electron chi connectivity index (χ0n) is 11.6. The van der Waals surface area contributed by atoms with Crippen LogP contribution in [0.4, 0.5) is 0 Å². The fraction of sp³-hybridized carbons (Fsp3) is 0.538. The highest BCUT2D eigenvalue weighted by Gasteiger charge is 2.37. The Kier molecular flexibility index (Phi) is 3.06. The van der Waals surface area contributed by atoms with E-state index in [0.29, 0.717) is 13.0 Å². The standard InChI is InChI=1S/C13H18N4O2S/c1-10-5-12-14-6-11(8-17(12)16-10)7-15-13(2)3-4-20(18,19)9-13/h5-6,8,15H,3-4,7,9H2,1-2H3. The summed E-state index contributed by atoms with van der Waals surface area (Å²) in [6.07, 6.45) is 4.39. The van der Waals surface area contributed by atoms with Crippen LogP contribution in [0.15, 0.2) is 18.5 Å². The van der Waals surface area contributed by atoms with Crippen molar-refractivity contribution >= 4 is 15.5 Å². The van der Waals surface area contributed by atoms with Crippen molar-refractivity contribution in [2.24, 2.45) is 0 Å². The van der Waals surface area contributed by atoms with Crippen LogP contribution < -0.4 is 5.32 Å². The summed E-state index contributed by atoms with van der Waals surface area (Å²) in [4.78, 5) is 4.34. The predicted octanol–water partition coefficient (Wildman–Crippen LogP) is 0.705. The van der Waals surface area contributed by atoms with Gasteiger partial charge in [0.1, 0.15) is 0 Å². The molecule has 1 saturated heterocycles. The van der Waals surface area contributed by atoms with Crippen LogP contribution in [-0.4, -0.2) is 40.1 Å². The van der Waals surface area contributed by atoms with Crippen LogP contribution in [0, 0.1) is 6.92 Å². The van der Waals surface area contributed by atoms with Crippen molar-refractivity contribution < 1.29 is 8.42 Å². The molecular formula is C13H18N4O2S. The SMILES string of the molecule is Cc1cc2ncc(CNC3(C)CCS(=O)(=O)C3)cn2n1. The summed E-state index contributed by atoms with van der Waals surface area (Å²) < 4.78 is 24.9. The summed E-state index contributed by atoms with van der Waals surface area (Å²) in [5, 5.41) is 7.67. The highest BCUT2D eigenvalue weighted by atomic mass is 32.2. The lowest BCUT2D eigenvalue weighted by Gasteiger charge is -2.23. The Morgan fingerprint density at radius 3 is 3.00 bits per heavy atom. The van der Waals surface area contributed by atoms with Crippen LogP contribution in [0.5, 0.6) is 0 Å². The lowest BCUT2D eigenvalue weighted by atomic mass is 10.0. The van der Waals surface area contributed by atoms with Crippen molar-refractivity contribution in [2.45, 2.75) is 32.4 Å². The molecule has 2 aromatic heterocycles. The molecule has 6 nitrogen and oxygen atoms in total. The third kappa shape index (κ3) is 2.69. The van der Waals surface area contributed by atoms with Crippen LogP contribution in [0.3, 0.4) is 0 Å². The van der Waals surface area contributed by atoms with Gasteiger partial charge in [-0.05, 0) is 20.3 Å². The second kappa shape index (κ2) is 4.53. The molecule has 3 heterocycles. The van der Waals surface area contributed by atoms with Gasteiger partial charge >= 0.3 is 0 Å². The van der Waals surface area contributed by atoms with Gasteiger partial charge in [0.25, 0.3) is 0 Å². The average molecular weight is 294 g/mol. The zero-order valence-corrected chi connectivity index (χ0v) is 12.4. The molecule has 3 rings (SSSR count). The summed E-state index contributed by atoms with van der Waals surface area (Å²) in [5.74, 6) is 0.475. The van der Waals surface area contributed by atoms with Crippen LogP contribution in [0.2, 0.25) is 0 Å². The Hall–Kier alpha value is -1.47. The second-order valence-electron chi connectivity index (χ2n) is 5.81. The smallest absolute Gasteiger partial charge is 0.155 e. The molecule has 0 aliphatic carbocycles. The van der Waals surface area contributed by atoms with Crippen molar-refractivity contribution in [3.05, 3.63) is 29.7 Å². The first-order chi connectivity index (χ1) is 9.35. The molecular weight excluding hydrogens is 276 g/mol.